The van der Waals surface area contributed by atoms with Gasteiger partial charge in [0.15, 0.2) is 0 Å². The summed E-state index contributed by atoms with van der Waals surface area (Å²) in [5.41, 5.74) is 2.72. The lowest BCUT2D eigenvalue weighted by molar-refractivity contribution is -0.155. The molecule has 1 atom stereocenters. The molecule has 3 aromatic rings. The molecule has 0 aliphatic heterocycles. The third-order valence-electron chi connectivity index (χ3n) is 4.70. The molecule has 4 heteroatoms. The van der Waals surface area contributed by atoms with Crippen molar-refractivity contribution in [2.45, 2.75) is 44.9 Å². The molecule has 0 heterocycles. The van der Waals surface area contributed by atoms with E-state index in [0.717, 1.165) is 16.7 Å². The molecule has 0 saturated heterocycles. The summed E-state index contributed by atoms with van der Waals surface area (Å²) in [5.74, 6) is -0.241. The van der Waals surface area contributed by atoms with Gasteiger partial charge in [-0.3, -0.25) is 10.1 Å². The van der Waals surface area contributed by atoms with E-state index >= 15 is 0 Å². The van der Waals surface area contributed by atoms with E-state index in [1.54, 1.807) is 0 Å². The van der Waals surface area contributed by atoms with Gasteiger partial charge < -0.3 is 4.74 Å². The summed E-state index contributed by atoms with van der Waals surface area (Å²) in [6, 6.07) is 27.8. The second-order valence-electron chi connectivity index (χ2n) is 8.32. The maximum Gasteiger partial charge on any atom is 0.308 e. The Morgan fingerprint density at radius 1 is 0.833 bits per heavy atom. The van der Waals surface area contributed by atoms with Gasteiger partial charge in [-0.05, 0) is 49.6 Å². The van der Waals surface area contributed by atoms with Crippen LogP contribution in [0.4, 0.5) is 0 Å². The zero-order valence-electron chi connectivity index (χ0n) is 17.6. The van der Waals surface area contributed by atoms with Gasteiger partial charge in [0.2, 0.25) is 0 Å². The number of rotatable bonds is 7. The molecule has 0 bridgehead atoms. The highest BCUT2D eigenvalue weighted by molar-refractivity contribution is 6.30. The first-order valence-corrected chi connectivity index (χ1v) is 10.5. The molecular formula is C26H28ClNO2. The molecule has 3 aromatic carbocycles. The van der Waals surface area contributed by atoms with Gasteiger partial charge in [-0.15, -0.1) is 0 Å². The van der Waals surface area contributed by atoms with Gasteiger partial charge in [0.25, 0.3) is 0 Å². The molecule has 0 amide bonds. The monoisotopic (exact) mass is 421 g/mol. The summed E-state index contributed by atoms with van der Waals surface area (Å²) in [7, 11) is 0. The molecule has 0 fully saturated rings. The topological polar surface area (TPSA) is 38.3 Å². The van der Waals surface area contributed by atoms with Crippen molar-refractivity contribution in [3.05, 3.63) is 107 Å². The van der Waals surface area contributed by atoms with Crippen LogP contribution in [0, 0.1) is 0 Å². The van der Waals surface area contributed by atoms with Gasteiger partial charge >= 0.3 is 5.97 Å². The fraction of sp³-hybridized carbons (Fsp3) is 0.269. The molecule has 156 valence electrons. The van der Waals surface area contributed by atoms with Crippen LogP contribution in [0.1, 0.15) is 56.0 Å². The minimum atomic E-state index is -0.528. The standard InChI is InChI=1S/C26H28ClNO2/c1-26(2,3)30-24(29)18-23(19-14-16-22(27)17-15-19)28-25(20-10-6-4-7-11-20)21-12-8-5-9-13-21/h4-17,23,25,28H,18H2,1-3H3/t23-/m1/s1. The lowest BCUT2D eigenvalue weighted by Crippen LogP contribution is -2.32. The number of halogens is 1. The van der Waals surface area contributed by atoms with E-state index in [-0.39, 0.29) is 24.5 Å². The van der Waals surface area contributed by atoms with Gasteiger partial charge in [-0.1, -0.05) is 84.4 Å². The van der Waals surface area contributed by atoms with E-state index in [2.05, 4.69) is 29.6 Å². The van der Waals surface area contributed by atoms with Gasteiger partial charge in [-0.25, -0.2) is 0 Å². The highest BCUT2D eigenvalue weighted by atomic mass is 35.5. The first-order valence-electron chi connectivity index (χ1n) is 10.1. The van der Waals surface area contributed by atoms with Crippen LogP contribution in [0.25, 0.3) is 0 Å². The summed E-state index contributed by atoms with van der Waals surface area (Å²) in [6.07, 6.45) is 0.217. The third-order valence-corrected chi connectivity index (χ3v) is 4.95. The Hall–Kier alpha value is -2.62. The molecule has 0 aromatic heterocycles. The van der Waals surface area contributed by atoms with Crippen LogP contribution in [-0.4, -0.2) is 11.6 Å². The second kappa shape index (κ2) is 9.92. The Bertz CT molecular complexity index is 895. The van der Waals surface area contributed by atoms with Crippen molar-refractivity contribution in [1.82, 2.24) is 5.32 Å². The van der Waals surface area contributed by atoms with Crippen molar-refractivity contribution >= 4 is 17.6 Å². The van der Waals surface area contributed by atoms with Crippen LogP contribution in [0.5, 0.6) is 0 Å². The summed E-state index contributed by atoms with van der Waals surface area (Å²) < 4.78 is 5.60. The predicted molar refractivity (Wildman–Crippen MR) is 123 cm³/mol. The van der Waals surface area contributed by atoms with E-state index in [9.17, 15) is 4.79 Å². The maximum absolute atomic E-state index is 12.7. The minimum absolute atomic E-state index is 0.0736. The van der Waals surface area contributed by atoms with E-state index in [4.69, 9.17) is 16.3 Å². The average molecular weight is 422 g/mol. The number of ether oxygens (including phenoxy) is 1. The number of esters is 1. The van der Waals surface area contributed by atoms with E-state index in [1.807, 2.05) is 81.4 Å². The molecule has 0 aliphatic carbocycles. The van der Waals surface area contributed by atoms with Crippen molar-refractivity contribution in [2.24, 2.45) is 0 Å². The molecule has 30 heavy (non-hydrogen) atoms. The Kier molecular flexibility index (Phi) is 7.30. The first kappa shape index (κ1) is 22.1. The Morgan fingerprint density at radius 3 is 1.80 bits per heavy atom. The van der Waals surface area contributed by atoms with E-state index < -0.39 is 5.60 Å². The predicted octanol–water partition coefficient (Wildman–Crippen LogP) is 6.49. The van der Waals surface area contributed by atoms with Crippen LogP contribution in [-0.2, 0) is 9.53 Å². The molecular weight excluding hydrogens is 394 g/mol. The third kappa shape index (κ3) is 6.45. The molecule has 0 saturated carbocycles. The molecule has 3 rings (SSSR count). The Labute approximate surface area is 184 Å². The number of carbonyl (C=O) groups excluding carboxylic acids is 1. The van der Waals surface area contributed by atoms with Crippen LogP contribution < -0.4 is 5.32 Å². The zero-order chi connectivity index (χ0) is 21.6. The van der Waals surface area contributed by atoms with Gasteiger partial charge in [0, 0.05) is 11.1 Å². The first-order chi connectivity index (χ1) is 14.3. The van der Waals surface area contributed by atoms with Crippen LogP contribution >= 0.6 is 11.6 Å². The normalized spacial score (nSPS) is 12.6. The highest BCUT2D eigenvalue weighted by Gasteiger charge is 2.25. The van der Waals surface area contributed by atoms with Crippen molar-refractivity contribution in [1.29, 1.82) is 0 Å². The van der Waals surface area contributed by atoms with Crippen molar-refractivity contribution < 1.29 is 9.53 Å². The number of benzene rings is 3. The quantitative estimate of drug-likeness (QED) is 0.443. The van der Waals surface area contributed by atoms with Crippen LogP contribution in [0.2, 0.25) is 5.02 Å². The SMILES string of the molecule is CC(C)(C)OC(=O)C[C@@H](NC(c1ccccc1)c1ccccc1)c1ccc(Cl)cc1. The number of hydrogen-bond donors (Lipinski definition) is 1. The zero-order valence-corrected chi connectivity index (χ0v) is 18.4. The smallest absolute Gasteiger partial charge is 0.308 e. The Morgan fingerprint density at radius 2 is 1.33 bits per heavy atom. The summed E-state index contributed by atoms with van der Waals surface area (Å²) in [5, 5.41) is 4.36. The van der Waals surface area contributed by atoms with Gasteiger partial charge in [0.05, 0.1) is 12.5 Å². The van der Waals surface area contributed by atoms with Gasteiger partial charge in [-0.2, -0.15) is 0 Å². The van der Waals surface area contributed by atoms with E-state index in [0.29, 0.717) is 5.02 Å². The lowest BCUT2D eigenvalue weighted by atomic mass is 9.95. The minimum Gasteiger partial charge on any atom is -0.460 e. The van der Waals surface area contributed by atoms with E-state index in [1.165, 1.54) is 0 Å². The average Bonchev–Trinajstić information content (AvgIpc) is 2.71. The van der Waals surface area contributed by atoms with Crippen LogP contribution in [0.3, 0.4) is 0 Å². The molecule has 3 nitrogen and oxygen atoms in total. The molecule has 0 spiro atoms. The fourth-order valence-electron chi connectivity index (χ4n) is 3.39. The number of carbonyl (C=O) groups is 1. The fourth-order valence-corrected chi connectivity index (χ4v) is 3.52. The highest BCUT2D eigenvalue weighted by Crippen LogP contribution is 2.29. The molecule has 0 radical (unpaired) electrons. The number of hydrogen-bond acceptors (Lipinski definition) is 3. The van der Waals surface area contributed by atoms with Crippen molar-refractivity contribution in [2.75, 3.05) is 0 Å². The summed E-state index contributed by atoms with van der Waals surface area (Å²) in [4.78, 5) is 12.7. The summed E-state index contributed by atoms with van der Waals surface area (Å²) in [6.45, 7) is 5.64. The molecule has 0 aliphatic rings. The van der Waals surface area contributed by atoms with Crippen molar-refractivity contribution in [3.8, 4) is 0 Å². The second-order valence-corrected chi connectivity index (χ2v) is 8.75. The Balaban J connectivity index is 1.94. The van der Waals surface area contributed by atoms with Crippen LogP contribution in [0.15, 0.2) is 84.9 Å². The van der Waals surface area contributed by atoms with Gasteiger partial charge in [0.1, 0.15) is 5.60 Å². The lowest BCUT2D eigenvalue weighted by Gasteiger charge is -2.28. The largest absolute Gasteiger partial charge is 0.460 e. The van der Waals surface area contributed by atoms with Crippen molar-refractivity contribution in [3.63, 3.8) is 0 Å². The molecule has 0 unspecified atom stereocenters. The molecule has 1 N–H and O–H groups in total. The summed E-state index contributed by atoms with van der Waals surface area (Å²) >= 11 is 6.09. The number of nitrogens with one attached hydrogen (secondary N) is 1. The maximum atomic E-state index is 12.7.